The van der Waals surface area contributed by atoms with Crippen molar-refractivity contribution in [3.05, 3.63) is 29.8 Å². The molecule has 14 heavy (non-hydrogen) atoms. The van der Waals surface area contributed by atoms with Crippen LogP contribution in [-0.4, -0.2) is 20.7 Å². The highest BCUT2D eigenvalue weighted by atomic mass is 32.2. The third kappa shape index (κ3) is 2.66. The van der Waals surface area contributed by atoms with Gasteiger partial charge in [0.05, 0.1) is 22.2 Å². The van der Waals surface area contributed by atoms with Crippen LogP contribution in [0.3, 0.4) is 0 Å². The number of rotatable bonds is 3. The van der Waals surface area contributed by atoms with E-state index >= 15 is 0 Å². The maximum Gasteiger partial charge on any atom is 0.0656 e. The van der Waals surface area contributed by atoms with Crippen LogP contribution in [0.2, 0.25) is 0 Å². The quantitative estimate of drug-likeness (QED) is 0.830. The van der Waals surface area contributed by atoms with Crippen LogP contribution < -0.4 is 0 Å². The maximum atomic E-state index is 11.8. The molecule has 1 rings (SSSR count). The molecule has 0 fully saturated rings. The fraction of sp³-hybridized carbons (Fsp3) is 0.455. The fourth-order valence-corrected chi connectivity index (χ4v) is 2.26. The molecule has 1 N–H and O–H groups in total. The summed E-state index contributed by atoms with van der Waals surface area (Å²) in [4.78, 5) is 0.781. The van der Waals surface area contributed by atoms with Gasteiger partial charge in [-0.25, -0.2) is 0 Å². The van der Waals surface area contributed by atoms with Crippen molar-refractivity contribution in [2.75, 3.05) is 0 Å². The first-order valence-electron chi connectivity index (χ1n) is 4.67. The first-order valence-corrected chi connectivity index (χ1v) is 5.89. The van der Waals surface area contributed by atoms with Crippen LogP contribution in [-0.2, 0) is 10.8 Å². The smallest absolute Gasteiger partial charge is 0.0656 e. The third-order valence-electron chi connectivity index (χ3n) is 2.27. The van der Waals surface area contributed by atoms with Crippen molar-refractivity contribution < 1.29 is 9.32 Å². The molecular weight excluding hydrogens is 196 g/mol. The molecule has 2 nitrogen and oxygen atoms in total. The lowest BCUT2D eigenvalue weighted by atomic mass is 10.2. The average molecular weight is 212 g/mol. The Morgan fingerprint density at radius 2 is 1.71 bits per heavy atom. The molecular formula is C11H16O2S. The predicted octanol–water partition coefficient (Wildman–Crippen LogP) is 1.87. The topological polar surface area (TPSA) is 37.3 Å². The van der Waals surface area contributed by atoms with Gasteiger partial charge in [-0.1, -0.05) is 17.7 Å². The Hall–Kier alpha value is -0.670. The number of benzene rings is 1. The van der Waals surface area contributed by atoms with Crippen LogP contribution in [0.5, 0.6) is 0 Å². The molecule has 1 aromatic rings. The Morgan fingerprint density at radius 1 is 1.21 bits per heavy atom. The minimum absolute atomic E-state index is 0.224. The molecule has 0 saturated heterocycles. The van der Waals surface area contributed by atoms with E-state index in [0.29, 0.717) is 0 Å². The van der Waals surface area contributed by atoms with Crippen molar-refractivity contribution in [3.63, 3.8) is 0 Å². The Bertz CT molecular complexity index is 317. The molecule has 0 aliphatic heterocycles. The summed E-state index contributed by atoms with van der Waals surface area (Å²) in [6, 6.07) is 7.57. The molecule has 0 bridgehead atoms. The van der Waals surface area contributed by atoms with Gasteiger partial charge in [-0.2, -0.15) is 0 Å². The number of hydrogen-bond acceptors (Lipinski definition) is 2. The molecule has 0 aromatic heterocycles. The second kappa shape index (κ2) is 4.71. The highest BCUT2D eigenvalue weighted by Crippen LogP contribution is 2.14. The van der Waals surface area contributed by atoms with Crippen molar-refractivity contribution >= 4 is 10.8 Å². The van der Waals surface area contributed by atoms with Crippen LogP contribution in [0, 0.1) is 6.92 Å². The minimum Gasteiger partial charge on any atom is -0.392 e. The summed E-state index contributed by atoms with van der Waals surface area (Å²) in [6.07, 6.45) is -0.544. The second-order valence-corrected chi connectivity index (χ2v) is 5.37. The summed E-state index contributed by atoms with van der Waals surface area (Å²) in [5, 5.41) is 9.09. The first kappa shape index (κ1) is 11.4. The Morgan fingerprint density at radius 3 is 2.14 bits per heavy atom. The Kier molecular flexibility index (Phi) is 3.84. The molecule has 0 aliphatic carbocycles. The van der Waals surface area contributed by atoms with Gasteiger partial charge in [-0.15, -0.1) is 0 Å². The van der Waals surface area contributed by atoms with E-state index in [4.69, 9.17) is 0 Å². The molecule has 3 atom stereocenters. The van der Waals surface area contributed by atoms with Gasteiger partial charge in [0.25, 0.3) is 0 Å². The van der Waals surface area contributed by atoms with Gasteiger partial charge in [0.1, 0.15) is 0 Å². The summed E-state index contributed by atoms with van der Waals surface area (Å²) >= 11 is 0. The molecule has 0 aliphatic rings. The average Bonchev–Trinajstić information content (AvgIpc) is 2.16. The van der Waals surface area contributed by atoms with Crippen LogP contribution >= 0.6 is 0 Å². The van der Waals surface area contributed by atoms with Crippen LogP contribution in [0.25, 0.3) is 0 Å². The minimum atomic E-state index is -1.12. The first-order chi connectivity index (χ1) is 6.52. The van der Waals surface area contributed by atoms with E-state index in [-0.39, 0.29) is 5.25 Å². The second-order valence-electron chi connectivity index (χ2n) is 3.56. The normalized spacial score (nSPS) is 17.4. The number of aliphatic hydroxyl groups excluding tert-OH is 1. The molecule has 0 saturated carbocycles. The molecule has 1 aromatic carbocycles. The van der Waals surface area contributed by atoms with Gasteiger partial charge in [0.2, 0.25) is 0 Å². The molecule has 0 radical (unpaired) electrons. The summed E-state index contributed by atoms with van der Waals surface area (Å²) in [5.74, 6) is 0. The van der Waals surface area contributed by atoms with Gasteiger partial charge in [0, 0.05) is 4.90 Å². The van der Waals surface area contributed by atoms with Crippen LogP contribution in [0.15, 0.2) is 29.2 Å². The van der Waals surface area contributed by atoms with E-state index in [2.05, 4.69) is 0 Å². The Labute approximate surface area is 87.4 Å². The van der Waals surface area contributed by atoms with E-state index in [1.54, 1.807) is 13.8 Å². The van der Waals surface area contributed by atoms with Crippen molar-refractivity contribution in [3.8, 4) is 0 Å². The summed E-state index contributed by atoms with van der Waals surface area (Å²) in [7, 11) is -1.12. The van der Waals surface area contributed by atoms with Gasteiger partial charge >= 0.3 is 0 Å². The van der Waals surface area contributed by atoms with Crippen LogP contribution in [0.1, 0.15) is 19.4 Å². The number of aryl methyl sites for hydroxylation is 1. The molecule has 78 valence electrons. The summed E-state index contributed by atoms with van der Waals surface area (Å²) in [5.41, 5.74) is 1.15. The lowest BCUT2D eigenvalue weighted by Gasteiger charge is -2.14. The number of hydrogen-bond donors (Lipinski definition) is 1. The lowest BCUT2D eigenvalue weighted by Crippen LogP contribution is -2.24. The zero-order valence-electron chi connectivity index (χ0n) is 8.73. The maximum absolute atomic E-state index is 11.8. The van der Waals surface area contributed by atoms with Gasteiger partial charge < -0.3 is 5.11 Å². The Balaban J connectivity index is 2.84. The van der Waals surface area contributed by atoms with Crippen molar-refractivity contribution in [1.29, 1.82) is 0 Å². The van der Waals surface area contributed by atoms with Crippen molar-refractivity contribution in [2.24, 2.45) is 0 Å². The van der Waals surface area contributed by atoms with E-state index in [1.165, 1.54) is 0 Å². The zero-order chi connectivity index (χ0) is 10.7. The SMILES string of the molecule is Cc1ccc([S@](=O)C(C)C(C)O)cc1. The number of aliphatic hydroxyl groups is 1. The van der Waals surface area contributed by atoms with E-state index in [9.17, 15) is 9.32 Å². The van der Waals surface area contributed by atoms with E-state index in [1.807, 2.05) is 31.2 Å². The van der Waals surface area contributed by atoms with Crippen molar-refractivity contribution in [1.82, 2.24) is 0 Å². The van der Waals surface area contributed by atoms with Crippen molar-refractivity contribution in [2.45, 2.75) is 37.0 Å². The lowest BCUT2D eigenvalue weighted by molar-refractivity contribution is 0.194. The highest BCUT2D eigenvalue weighted by Gasteiger charge is 2.17. The van der Waals surface area contributed by atoms with Crippen LogP contribution in [0.4, 0.5) is 0 Å². The van der Waals surface area contributed by atoms with Gasteiger partial charge in [0.15, 0.2) is 0 Å². The summed E-state index contributed by atoms with van der Waals surface area (Å²) in [6.45, 7) is 5.45. The third-order valence-corrected chi connectivity index (χ3v) is 4.08. The van der Waals surface area contributed by atoms with E-state index < -0.39 is 16.9 Å². The monoisotopic (exact) mass is 212 g/mol. The zero-order valence-corrected chi connectivity index (χ0v) is 9.54. The standard InChI is InChI=1S/C11H16O2S/c1-8-4-6-11(7-5-8)14(13)10(3)9(2)12/h4-7,9-10,12H,1-3H3/t9?,10?,14-/m1/s1. The van der Waals surface area contributed by atoms with Gasteiger partial charge in [-0.05, 0) is 32.9 Å². The summed E-state index contributed by atoms with van der Waals surface area (Å²) < 4.78 is 11.8. The molecule has 0 amide bonds. The molecule has 3 heteroatoms. The molecule has 0 spiro atoms. The predicted molar refractivity (Wildman–Crippen MR) is 58.7 cm³/mol. The van der Waals surface area contributed by atoms with E-state index in [0.717, 1.165) is 10.5 Å². The fourth-order valence-electron chi connectivity index (χ4n) is 1.07. The molecule has 0 heterocycles. The van der Waals surface area contributed by atoms with Gasteiger partial charge in [-0.3, -0.25) is 4.21 Å². The molecule has 2 unspecified atom stereocenters. The highest BCUT2D eigenvalue weighted by molar-refractivity contribution is 7.85. The largest absolute Gasteiger partial charge is 0.392 e.